The number of hydrogen-bond acceptors (Lipinski definition) is 7. The van der Waals surface area contributed by atoms with Crippen LogP contribution in [0, 0.1) is 0 Å². The second-order valence-corrected chi connectivity index (χ2v) is 12.3. The van der Waals surface area contributed by atoms with E-state index in [0.29, 0.717) is 30.2 Å². The van der Waals surface area contributed by atoms with E-state index in [1.165, 1.54) is 61.0 Å². The van der Waals surface area contributed by atoms with E-state index in [9.17, 15) is 21.6 Å². The molecule has 0 aliphatic carbocycles. The Labute approximate surface area is 222 Å². The molecular formula is C26H29N3O7S2. The van der Waals surface area contributed by atoms with Gasteiger partial charge in [-0.3, -0.25) is 9.52 Å². The van der Waals surface area contributed by atoms with Crippen molar-refractivity contribution in [3.63, 3.8) is 0 Å². The Kier molecular flexibility index (Phi) is 8.24. The fourth-order valence-corrected chi connectivity index (χ4v) is 6.67. The van der Waals surface area contributed by atoms with E-state index in [2.05, 4.69) is 10.0 Å². The first-order chi connectivity index (χ1) is 18.1. The van der Waals surface area contributed by atoms with E-state index in [0.717, 1.165) is 19.3 Å². The van der Waals surface area contributed by atoms with Gasteiger partial charge >= 0.3 is 0 Å². The molecule has 38 heavy (non-hydrogen) atoms. The van der Waals surface area contributed by atoms with Crippen LogP contribution < -0.4 is 19.5 Å². The minimum atomic E-state index is -3.87. The molecule has 12 heteroatoms. The number of ether oxygens (including phenoxy) is 2. The van der Waals surface area contributed by atoms with Crippen LogP contribution >= 0.6 is 0 Å². The Morgan fingerprint density at radius 1 is 0.763 bits per heavy atom. The molecule has 1 amide bonds. The molecule has 1 saturated heterocycles. The smallest absolute Gasteiger partial charge is 0.261 e. The molecule has 0 radical (unpaired) electrons. The van der Waals surface area contributed by atoms with Gasteiger partial charge in [0.25, 0.3) is 15.9 Å². The number of piperidine rings is 1. The van der Waals surface area contributed by atoms with Crippen molar-refractivity contribution in [2.45, 2.75) is 29.1 Å². The quantitative estimate of drug-likeness (QED) is 0.406. The lowest BCUT2D eigenvalue weighted by Gasteiger charge is -2.26. The van der Waals surface area contributed by atoms with Crippen molar-refractivity contribution < 1.29 is 31.1 Å². The van der Waals surface area contributed by atoms with Crippen LogP contribution in [0.2, 0.25) is 0 Å². The minimum absolute atomic E-state index is 0.00137. The predicted octanol–water partition coefficient (Wildman–Crippen LogP) is 3.93. The molecule has 0 atom stereocenters. The van der Waals surface area contributed by atoms with Crippen molar-refractivity contribution in [1.82, 2.24) is 4.31 Å². The third kappa shape index (κ3) is 6.09. The van der Waals surface area contributed by atoms with Crippen molar-refractivity contribution in [2.24, 2.45) is 0 Å². The van der Waals surface area contributed by atoms with Crippen molar-refractivity contribution in [3.05, 3.63) is 72.3 Å². The molecule has 0 saturated carbocycles. The summed E-state index contributed by atoms with van der Waals surface area (Å²) in [5.41, 5.74) is 0.739. The van der Waals surface area contributed by atoms with Gasteiger partial charge in [-0.2, -0.15) is 4.31 Å². The molecule has 2 N–H and O–H groups in total. The molecule has 4 rings (SSSR count). The van der Waals surface area contributed by atoms with Crippen LogP contribution in [0.5, 0.6) is 11.5 Å². The summed E-state index contributed by atoms with van der Waals surface area (Å²) in [6, 6.07) is 16.2. The molecule has 1 fully saturated rings. The number of methoxy groups -OCH3 is 2. The normalized spacial score (nSPS) is 14.5. The van der Waals surface area contributed by atoms with E-state index in [-0.39, 0.29) is 21.1 Å². The minimum Gasteiger partial charge on any atom is -0.497 e. The Morgan fingerprint density at radius 2 is 1.37 bits per heavy atom. The first kappa shape index (κ1) is 27.4. The molecule has 1 aliphatic rings. The van der Waals surface area contributed by atoms with E-state index < -0.39 is 26.0 Å². The summed E-state index contributed by atoms with van der Waals surface area (Å²) in [5, 5.41) is 2.68. The Hall–Kier alpha value is -3.61. The summed E-state index contributed by atoms with van der Waals surface area (Å²) in [4.78, 5) is 13.1. The van der Waals surface area contributed by atoms with Gasteiger partial charge in [0.1, 0.15) is 11.5 Å². The highest BCUT2D eigenvalue weighted by Gasteiger charge is 2.27. The van der Waals surface area contributed by atoms with E-state index >= 15 is 0 Å². The Balaban J connectivity index is 1.51. The number of nitrogens with zero attached hydrogens (tertiary/aromatic N) is 1. The molecule has 3 aromatic rings. The molecule has 0 bridgehead atoms. The van der Waals surface area contributed by atoms with Gasteiger partial charge in [-0.15, -0.1) is 0 Å². The lowest BCUT2D eigenvalue weighted by Crippen LogP contribution is -2.35. The zero-order chi connectivity index (χ0) is 27.3. The van der Waals surface area contributed by atoms with Gasteiger partial charge in [0.15, 0.2) is 0 Å². The van der Waals surface area contributed by atoms with Gasteiger partial charge in [-0.05, 0) is 79.6 Å². The zero-order valence-corrected chi connectivity index (χ0v) is 22.6. The highest BCUT2D eigenvalue weighted by Crippen LogP contribution is 2.27. The average Bonchev–Trinajstić information content (AvgIpc) is 2.93. The van der Waals surface area contributed by atoms with Gasteiger partial charge in [0.2, 0.25) is 10.0 Å². The van der Waals surface area contributed by atoms with E-state index in [1.54, 1.807) is 24.3 Å². The molecule has 202 valence electrons. The van der Waals surface area contributed by atoms with Crippen LogP contribution in [0.25, 0.3) is 0 Å². The number of anilines is 2. The molecule has 1 heterocycles. The maximum Gasteiger partial charge on any atom is 0.261 e. The summed E-state index contributed by atoms with van der Waals surface area (Å²) in [5.74, 6) is 0.215. The average molecular weight is 560 g/mol. The molecule has 10 nitrogen and oxygen atoms in total. The maximum absolute atomic E-state index is 13.1. The lowest BCUT2D eigenvalue weighted by molar-refractivity contribution is 0.102. The maximum atomic E-state index is 13.1. The zero-order valence-electron chi connectivity index (χ0n) is 21.0. The fraction of sp³-hybridized carbons (Fsp3) is 0.269. The summed E-state index contributed by atoms with van der Waals surface area (Å²) in [7, 11) is -4.71. The third-order valence-corrected chi connectivity index (χ3v) is 9.42. The van der Waals surface area contributed by atoms with Crippen LogP contribution in [0.1, 0.15) is 29.6 Å². The fourth-order valence-electron chi connectivity index (χ4n) is 4.07. The molecule has 0 spiro atoms. The third-order valence-electron chi connectivity index (χ3n) is 6.13. The van der Waals surface area contributed by atoms with Gasteiger partial charge in [0.05, 0.1) is 29.6 Å². The number of carbonyl (C=O) groups is 1. The summed E-state index contributed by atoms with van der Waals surface area (Å²) < 4.78 is 66.0. The Morgan fingerprint density at radius 3 is 1.97 bits per heavy atom. The van der Waals surface area contributed by atoms with Gasteiger partial charge in [-0.1, -0.05) is 6.42 Å². The van der Waals surface area contributed by atoms with Crippen LogP contribution in [-0.4, -0.2) is 54.4 Å². The van der Waals surface area contributed by atoms with Crippen LogP contribution in [-0.2, 0) is 20.0 Å². The monoisotopic (exact) mass is 559 g/mol. The number of carbonyl (C=O) groups excluding carboxylic acids is 1. The van der Waals surface area contributed by atoms with Gasteiger partial charge < -0.3 is 14.8 Å². The topological polar surface area (TPSA) is 131 Å². The largest absolute Gasteiger partial charge is 0.497 e. The van der Waals surface area contributed by atoms with Crippen LogP contribution in [0.3, 0.4) is 0 Å². The SMILES string of the molecule is COc1ccc(NS(=O)(=O)c2ccc(NC(=O)c3cc(S(=O)(=O)N4CCCCC4)ccc3OC)cc2)cc1. The second kappa shape index (κ2) is 11.4. The molecule has 0 unspecified atom stereocenters. The standard InChI is InChI=1S/C26H29N3O7S2/c1-35-21-10-6-20(7-11-21)28-37(31,32)22-12-8-19(9-13-22)27-26(30)24-18-23(14-15-25(24)36-2)38(33,34)29-16-4-3-5-17-29/h6-15,18,28H,3-5,16-17H2,1-2H3,(H,27,30). The highest BCUT2D eigenvalue weighted by molar-refractivity contribution is 7.92. The van der Waals surface area contributed by atoms with Gasteiger partial charge in [-0.25, -0.2) is 16.8 Å². The molecule has 1 aliphatic heterocycles. The summed E-state index contributed by atoms with van der Waals surface area (Å²) in [6.45, 7) is 0.886. The predicted molar refractivity (Wildman–Crippen MR) is 144 cm³/mol. The lowest BCUT2D eigenvalue weighted by atomic mass is 10.2. The number of sulfonamides is 2. The number of hydrogen-bond donors (Lipinski definition) is 2. The number of nitrogens with one attached hydrogen (secondary N) is 2. The first-order valence-electron chi connectivity index (χ1n) is 11.9. The second-order valence-electron chi connectivity index (χ2n) is 8.64. The number of benzene rings is 3. The first-order valence-corrected chi connectivity index (χ1v) is 14.8. The number of rotatable bonds is 9. The van der Waals surface area contributed by atoms with Crippen molar-refractivity contribution >= 4 is 37.3 Å². The van der Waals surface area contributed by atoms with Gasteiger partial charge in [0, 0.05) is 24.5 Å². The molecular weight excluding hydrogens is 530 g/mol. The van der Waals surface area contributed by atoms with Crippen molar-refractivity contribution in [3.8, 4) is 11.5 Å². The summed E-state index contributed by atoms with van der Waals surface area (Å²) in [6.07, 6.45) is 2.58. The van der Waals surface area contributed by atoms with Crippen molar-refractivity contribution in [1.29, 1.82) is 0 Å². The van der Waals surface area contributed by atoms with E-state index in [1.807, 2.05) is 0 Å². The summed E-state index contributed by atoms with van der Waals surface area (Å²) >= 11 is 0. The Bertz CT molecular complexity index is 1500. The van der Waals surface area contributed by atoms with Crippen LogP contribution in [0.15, 0.2) is 76.5 Å². The highest BCUT2D eigenvalue weighted by atomic mass is 32.2. The van der Waals surface area contributed by atoms with E-state index in [4.69, 9.17) is 9.47 Å². The van der Waals surface area contributed by atoms with Crippen LogP contribution in [0.4, 0.5) is 11.4 Å². The molecule has 3 aromatic carbocycles. The number of amides is 1. The van der Waals surface area contributed by atoms with Crippen molar-refractivity contribution in [2.75, 3.05) is 37.3 Å². The molecule has 0 aromatic heterocycles.